The van der Waals surface area contributed by atoms with Crippen molar-refractivity contribution in [2.24, 2.45) is 10.7 Å². The molecule has 6 aromatic carbocycles. The van der Waals surface area contributed by atoms with Crippen LogP contribution < -0.4 is 5.73 Å². The molecule has 0 fully saturated rings. The number of nitrogens with zero attached hydrogens (tertiary/aromatic N) is 1. The number of para-hydroxylation sites is 1. The van der Waals surface area contributed by atoms with Gasteiger partial charge in [0.05, 0.1) is 0 Å². The van der Waals surface area contributed by atoms with Gasteiger partial charge in [-0.25, -0.2) is 0 Å². The van der Waals surface area contributed by atoms with Gasteiger partial charge >= 0.3 is 279 Å². The Labute approximate surface area is 277 Å². The van der Waals surface area contributed by atoms with Gasteiger partial charge in [-0.15, -0.1) is 0 Å². The van der Waals surface area contributed by atoms with Gasteiger partial charge < -0.3 is 0 Å². The Morgan fingerprint density at radius 3 is 1.36 bits per heavy atom. The molecule has 0 atom stereocenters. The SMILES string of the molecule is N/C(=N\c1ccccc1/C(=C(/C(=[C](\[Pd][Cl])c1ccccc1)c1ccccc1)c1ccccc1)c1ccccc1)c1ccccc1. The summed E-state index contributed by atoms with van der Waals surface area (Å²) in [6.45, 7) is 0. The van der Waals surface area contributed by atoms with Crippen LogP contribution in [0.5, 0.6) is 0 Å². The molecule has 0 unspecified atom stereocenters. The maximum atomic E-state index is 6.97. The van der Waals surface area contributed by atoms with E-state index < -0.39 is 0 Å². The van der Waals surface area contributed by atoms with Crippen molar-refractivity contribution in [2.75, 3.05) is 0 Å². The van der Waals surface area contributed by atoms with Crippen molar-refractivity contribution in [3.8, 4) is 0 Å². The summed E-state index contributed by atoms with van der Waals surface area (Å²) in [5.41, 5.74) is 16.8. The molecule has 0 aliphatic heterocycles. The first-order chi connectivity index (χ1) is 22.2. The number of halogens is 1. The zero-order chi connectivity index (χ0) is 30.8. The summed E-state index contributed by atoms with van der Waals surface area (Å²) in [4.78, 5) is 5.03. The molecular weight excluding hydrogens is 662 g/mol. The number of nitrogens with two attached hydrogens (primary N) is 1. The van der Waals surface area contributed by atoms with Crippen LogP contribution in [0.3, 0.4) is 0 Å². The Balaban J connectivity index is 1.78. The molecular formula is C41H31ClN2Pd. The molecule has 0 spiro atoms. The third-order valence-electron chi connectivity index (χ3n) is 7.44. The van der Waals surface area contributed by atoms with E-state index in [4.69, 9.17) is 20.3 Å². The number of hydrogen-bond donors (Lipinski definition) is 1. The fourth-order valence-electron chi connectivity index (χ4n) is 5.40. The number of aliphatic imine (C=N–C) groups is 1. The van der Waals surface area contributed by atoms with Crippen molar-refractivity contribution in [2.45, 2.75) is 0 Å². The molecule has 0 saturated heterocycles. The van der Waals surface area contributed by atoms with Gasteiger partial charge in [0.25, 0.3) is 0 Å². The predicted octanol–water partition coefficient (Wildman–Crippen LogP) is 10.5. The maximum absolute atomic E-state index is 6.97. The fourth-order valence-corrected chi connectivity index (χ4v) is 7.15. The van der Waals surface area contributed by atoms with Crippen molar-refractivity contribution < 1.29 is 17.0 Å². The van der Waals surface area contributed by atoms with E-state index in [1.807, 2.05) is 54.6 Å². The Kier molecular flexibility index (Phi) is 9.95. The van der Waals surface area contributed by atoms with Gasteiger partial charge in [-0.2, -0.15) is 0 Å². The first-order valence-corrected chi connectivity index (χ1v) is 17.4. The van der Waals surface area contributed by atoms with Crippen molar-refractivity contribution in [3.63, 3.8) is 0 Å². The topological polar surface area (TPSA) is 38.4 Å². The van der Waals surface area contributed by atoms with E-state index >= 15 is 0 Å². The van der Waals surface area contributed by atoms with Gasteiger partial charge in [-0.05, 0) is 0 Å². The van der Waals surface area contributed by atoms with Gasteiger partial charge in [0.15, 0.2) is 0 Å². The minimum absolute atomic E-state index is 0.221. The number of amidine groups is 1. The Morgan fingerprint density at radius 1 is 0.444 bits per heavy atom. The molecule has 0 aliphatic rings. The van der Waals surface area contributed by atoms with Crippen LogP contribution in [-0.2, 0) is 17.0 Å². The second kappa shape index (κ2) is 14.8. The van der Waals surface area contributed by atoms with Gasteiger partial charge in [0.2, 0.25) is 0 Å². The van der Waals surface area contributed by atoms with E-state index in [0.717, 1.165) is 59.8 Å². The molecule has 222 valence electrons. The van der Waals surface area contributed by atoms with Crippen molar-refractivity contribution in [3.05, 3.63) is 209 Å². The molecule has 0 heterocycles. The Morgan fingerprint density at radius 2 is 0.844 bits per heavy atom. The number of benzene rings is 6. The van der Waals surface area contributed by atoms with Gasteiger partial charge in [-0.3, -0.25) is 0 Å². The number of allylic oxidation sites excluding steroid dienone is 2. The molecule has 0 aliphatic carbocycles. The summed E-state index contributed by atoms with van der Waals surface area (Å²) < 4.78 is 1.09. The standard InChI is InChI=1S/C41H31N2.ClH.Pd/c42-41(35-26-14-5-15-27-35)43-38-29-17-16-28-36(38)39(33-22-10-3-11-23-33)40(34-24-12-4-13-25-34)37(32-20-8-2-9-21-32)30-31-18-6-1-7-19-31;;/h1-29H,(H2,42,43);1H;/q;;+1/p-1/b37-30?,40-39+;;. The zero-order valence-electron chi connectivity index (χ0n) is 24.5. The molecule has 6 aromatic rings. The van der Waals surface area contributed by atoms with E-state index in [9.17, 15) is 0 Å². The average molecular weight is 694 g/mol. The van der Waals surface area contributed by atoms with Crippen LogP contribution >= 0.6 is 9.53 Å². The van der Waals surface area contributed by atoms with E-state index in [-0.39, 0.29) is 17.0 Å². The first kappa shape index (κ1) is 30.3. The van der Waals surface area contributed by atoms with Crippen LogP contribution in [0.25, 0.3) is 20.8 Å². The van der Waals surface area contributed by atoms with Crippen LogP contribution in [0, 0.1) is 0 Å². The van der Waals surface area contributed by atoms with E-state index in [2.05, 4.69) is 121 Å². The summed E-state index contributed by atoms with van der Waals surface area (Å²) in [5, 5.41) is 0. The van der Waals surface area contributed by atoms with E-state index in [1.54, 1.807) is 0 Å². The van der Waals surface area contributed by atoms with Crippen LogP contribution in [0.15, 0.2) is 181 Å². The Bertz CT molecular complexity index is 1950. The fraction of sp³-hybridized carbons (Fsp3) is 0. The average Bonchev–Trinajstić information content (AvgIpc) is 3.12. The molecule has 0 radical (unpaired) electrons. The normalized spacial score (nSPS) is 12.8. The minimum atomic E-state index is -0.221. The molecule has 45 heavy (non-hydrogen) atoms. The van der Waals surface area contributed by atoms with Crippen LogP contribution in [-0.4, -0.2) is 5.84 Å². The van der Waals surface area contributed by atoms with Crippen molar-refractivity contribution >= 4 is 41.8 Å². The third-order valence-corrected chi connectivity index (χ3v) is 9.28. The molecule has 6 rings (SSSR count). The molecule has 0 bridgehead atoms. The molecule has 0 aromatic heterocycles. The quantitative estimate of drug-likeness (QED) is 0.0529. The second-order valence-corrected chi connectivity index (χ2v) is 12.1. The molecule has 2 nitrogen and oxygen atoms in total. The number of hydrogen-bond acceptors (Lipinski definition) is 1. The second-order valence-electron chi connectivity index (χ2n) is 10.3. The summed E-state index contributed by atoms with van der Waals surface area (Å²) in [6, 6.07) is 60.3. The monoisotopic (exact) mass is 692 g/mol. The predicted molar refractivity (Wildman–Crippen MR) is 188 cm³/mol. The molecule has 2 N–H and O–H groups in total. The van der Waals surface area contributed by atoms with Crippen molar-refractivity contribution in [1.82, 2.24) is 0 Å². The van der Waals surface area contributed by atoms with Gasteiger partial charge in [0, 0.05) is 0 Å². The van der Waals surface area contributed by atoms with Gasteiger partial charge in [0.1, 0.15) is 0 Å². The number of rotatable bonds is 9. The first-order valence-electron chi connectivity index (χ1n) is 14.6. The third kappa shape index (κ3) is 6.98. The molecule has 0 saturated carbocycles. The van der Waals surface area contributed by atoms with Crippen LogP contribution in [0.4, 0.5) is 5.69 Å². The van der Waals surface area contributed by atoms with E-state index in [1.165, 1.54) is 0 Å². The Hall–Kier alpha value is -4.78. The van der Waals surface area contributed by atoms with Crippen LogP contribution in [0.2, 0.25) is 0 Å². The molecule has 0 amide bonds. The summed E-state index contributed by atoms with van der Waals surface area (Å²) in [6.07, 6.45) is 0. The molecule has 4 heteroatoms. The van der Waals surface area contributed by atoms with Crippen molar-refractivity contribution in [1.29, 1.82) is 0 Å². The van der Waals surface area contributed by atoms with Crippen LogP contribution in [0.1, 0.15) is 33.4 Å². The summed E-state index contributed by atoms with van der Waals surface area (Å²) in [7, 11) is 6.97. The van der Waals surface area contributed by atoms with E-state index in [0.29, 0.717) is 5.84 Å². The summed E-state index contributed by atoms with van der Waals surface area (Å²) >= 11 is -0.221. The zero-order valence-corrected chi connectivity index (χ0v) is 26.8. The van der Waals surface area contributed by atoms with Gasteiger partial charge in [-0.1, -0.05) is 0 Å². The summed E-state index contributed by atoms with van der Waals surface area (Å²) in [5.74, 6) is 0.462.